The molecule has 3 aromatic rings. The summed E-state index contributed by atoms with van der Waals surface area (Å²) in [5.41, 5.74) is 2.59. The SMILES string of the molecule is O=C(CCCn1c(=O)oc2ccccc21)N1CCN(Cc2ccc(Cl)cc2)CC1. The van der Waals surface area contributed by atoms with Crippen molar-refractivity contribution < 1.29 is 9.21 Å². The van der Waals surface area contributed by atoms with Gasteiger partial charge in [-0.1, -0.05) is 35.9 Å². The van der Waals surface area contributed by atoms with Crippen molar-refractivity contribution in [1.82, 2.24) is 14.4 Å². The molecule has 152 valence electrons. The monoisotopic (exact) mass is 413 g/mol. The first-order chi connectivity index (χ1) is 14.1. The van der Waals surface area contributed by atoms with Gasteiger partial charge >= 0.3 is 5.76 Å². The molecule has 0 spiro atoms. The van der Waals surface area contributed by atoms with E-state index < -0.39 is 0 Å². The molecule has 0 unspecified atom stereocenters. The average Bonchev–Trinajstić information content (AvgIpc) is 3.05. The molecule has 1 aliphatic heterocycles. The summed E-state index contributed by atoms with van der Waals surface area (Å²) in [6.07, 6.45) is 1.05. The lowest BCUT2D eigenvalue weighted by Gasteiger charge is -2.34. The summed E-state index contributed by atoms with van der Waals surface area (Å²) >= 11 is 5.94. The zero-order valence-corrected chi connectivity index (χ0v) is 17.0. The van der Waals surface area contributed by atoms with Gasteiger partial charge in [-0.3, -0.25) is 14.3 Å². The Labute approximate surface area is 174 Å². The fraction of sp³-hybridized carbons (Fsp3) is 0.364. The number of amides is 1. The largest absolute Gasteiger partial charge is 0.419 e. The Morgan fingerprint density at radius 3 is 2.48 bits per heavy atom. The number of para-hydroxylation sites is 2. The maximum Gasteiger partial charge on any atom is 0.419 e. The van der Waals surface area contributed by atoms with E-state index >= 15 is 0 Å². The average molecular weight is 414 g/mol. The van der Waals surface area contributed by atoms with Crippen LogP contribution in [0.15, 0.2) is 57.7 Å². The Kier molecular flexibility index (Phi) is 6.02. The van der Waals surface area contributed by atoms with Gasteiger partial charge < -0.3 is 9.32 Å². The minimum Gasteiger partial charge on any atom is -0.408 e. The number of oxazole rings is 1. The zero-order valence-electron chi connectivity index (χ0n) is 16.2. The van der Waals surface area contributed by atoms with E-state index in [0.29, 0.717) is 25.0 Å². The highest BCUT2D eigenvalue weighted by Crippen LogP contribution is 2.15. The van der Waals surface area contributed by atoms with Crippen molar-refractivity contribution in [3.63, 3.8) is 0 Å². The van der Waals surface area contributed by atoms with E-state index in [0.717, 1.165) is 43.3 Å². The Morgan fingerprint density at radius 2 is 1.72 bits per heavy atom. The van der Waals surface area contributed by atoms with E-state index in [-0.39, 0.29) is 11.7 Å². The predicted molar refractivity (Wildman–Crippen MR) is 113 cm³/mol. The van der Waals surface area contributed by atoms with Crippen molar-refractivity contribution >= 4 is 28.6 Å². The lowest BCUT2D eigenvalue weighted by atomic mass is 10.2. The number of rotatable bonds is 6. The van der Waals surface area contributed by atoms with E-state index in [2.05, 4.69) is 4.90 Å². The van der Waals surface area contributed by atoms with E-state index in [1.165, 1.54) is 5.56 Å². The molecule has 1 aliphatic rings. The quantitative estimate of drug-likeness (QED) is 0.621. The molecule has 0 radical (unpaired) electrons. The Bertz CT molecular complexity index is 1030. The van der Waals surface area contributed by atoms with Gasteiger partial charge in [0.25, 0.3) is 0 Å². The van der Waals surface area contributed by atoms with Crippen LogP contribution in [-0.2, 0) is 17.9 Å². The predicted octanol–water partition coefficient (Wildman–Crippen LogP) is 3.37. The van der Waals surface area contributed by atoms with Crippen LogP contribution in [0, 0.1) is 0 Å². The summed E-state index contributed by atoms with van der Waals surface area (Å²) in [7, 11) is 0. The first-order valence-corrected chi connectivity index (χ1v) is 10.3. The Hall–Kier alpha value is -2.57. The maximum atomic E-state index is 12.6. The number of carbonyl (C=O) groups is 1. The molecule has 29 heavy (non-hydrogen) atoms. The van der Waals surface area contributed by atoms with Crippen molar-refractivity contribution in [2.45, 2.75) is 25.9 Å². The third-order valence-electron chi connectivity index (χ3n) is 5.39. The number of benzene rings is 2. The van der Waals surface area contributed by atoms with Gasteiger partial charge in [-0.25, -0.2) is 4.79 Å². The number of piperazine rings is 1. The third-order valence-corrected chi connectivity index (χ3v) is 5.64. The molecule has 0 atom stereocenters. The zero-order chi connectivity index (χ0) is 20.2. The number of hydrogen-bond donors (Lipinski definition) is 0. The first kappa shape index (κ1) is 19.7. The van der Waals surface area contributed by atoms with Gasteiger partial charge in [0.05, 0.1) is 5.52 Å². The Morgan fingerprint density at radius 1 is 1.00 bits per heavy atom. The highest BCUT2D eigenvalue weighted by molar-refractivity contribution is 6.30. The van der Waals surface area contributed by atoms with Crippen LogP contribution in [-0.4, -0.2) is 46.5 Å². The molecule has 1 fully saturated rings. The second kappa shape index (κ2) is 8.84. The fourth-order valence-electron chi connectivity index (χ4n) is 3.78. The van der Waals surface area contributed by atoms with Gasteiger partial charge in [0.1, 0.15) is 0 Å². The minimum absolute atomic E-state index is 0.150. The number of aromatic nitrogens is 1. The molecule has 0 aliphatic carbocycles. The van der Waals surface area contributed by atoms with Crippen LogP contribution in [0.2, 0.25) is 5.02 Å². The van der Waals surface area contributed by atoms with Gasteiger partial charge in [-0.05, 0) is 36.2 Å². The standard InChI is InChI=1S/C22H24ClN3O3/c23-18-9-7-17(8-10-18)16-24-12-14-25(15-13-24)21(27)6-3-11-26-19-4-1-2-5-20(19)29-22(26)28/h1-2,4-5,7-10H,3,6,11-16H2. The normalized spacial score (nSPS) is 15.1. The van der Waals surface area contributed by atoms with Crippen molar-refractivity contribution in [3.8, 4) is 0 Å². The van der Waals surface area contributed by atoms with Crippen LogP contribution in [0.5, 0.6) is 0 Å². The highest BCUT2D eigenvalue weighted by atomic mass is 35.5. The highest BCUT2D eigenvalue weighted by Gasteiger charge is 2.21. The van der Waals surface area contributed by atoms with Crippen molar-refractivity contribution in [2.75, 3.05) is 26.2 Å². The smallest absolute Gasteiger partial charge is 0.408 e. The molecule has 1 aromatic heterocycles. The number of hydrogen-bond acceptors (Lipinski definition) is 4. The number of carbonyl (C=O) groups excluding carboxylic acids is 1. The summed E-state index contributed by atoms with van der Waals surface area (Å²) in [6.45, 7) is 4.55. The van der Waals surface area contributed by atoms with Crippen LogP contribution in [0.3, 0.4) is 0 Å². The van der Waals surface area contributed by atoms with Gasteiger partial charge in [0.15, 0.2) is 5.58 Å². The minimum atomic E-state index is -0.366. The van der Waals surface area contributed by atoms with Crippen molar-refractivity contribution in [3.05, 3.63) is 69.7 Å². The molecule has 2 aromatic carbocycles. The molecule has 1 amide bonds. The summed E-state index contributed by atoms with van der Waals surface area (Å²) < 4.78 is 6.84. The molecule has 0 bridgehead atoms. The lowest BCUT2D eigenvalue weighted by molar-refractivity contribution is -0.133. The molecule has 1 saturated heterocycles. The van der Waals surface area contributed by atoms with Crippen LogP contribution in [0.25, 0.3) is 11.1 Å². The topological polar surface area (TPSA) is 58.7 Å². The summed E-state index contributed by atoms with van der Waals surface area (Å²) in [6, 6.07) is 15.3. The van der Waals surface area contributed by atoms with E-state index in [1.54, 1.807) is 10.6 Å². The number of halogens is 1. The van der Waals surface area contributed by atoms with E-state index in [9.17, 15) is 9.59 Å². The van der Waals surface area contributed by atoms with Crippen LogP contribution >= 0.6 is 11.6 Å². The van der Waals surface area contributed by atoms with Crippen LogP contribution < -0.4 is 5.76 Å². The van der Waals surface area contributed by atoms with Gasteiger partial charge in [-0.15, -0.1) is 0 Å². The summed E-state index contributed by atoms with van der Waals surface area (Å²) in [5.74, 6) is -0.216. The summed E-state index contributed by atoms with van der Waals surface area (Å²) in [4.78, 5) is 28.8. The van der Waals surface area contributed by atoms with Gasteiger partial charge in [0.2, 0.25) is 5.91 Å². The molecule has 0 N–H and O–H groups in total. The molecule has 2 heterocycles. The maximum absolute atomic E-state index is 12.6. The van der Waals surface area contributed by atoms with Gasteiger partial charge in [-0.2, -0.15) is 0 Å². The number of fused-ring (bicyclic) bond motifs is 1. The van der Waals surface area contributed by atoms with Crippen molar-refractivity contribution in [1.29, 1.82) is 0 Å². The molecule has 4 rings (SSSR count). The fourth-order valence-corrected chi connectivity index (χ4v) is 3.90. The Balaban J connectivity index is 1.24. The van der Waals surface area contributed by atoms with Crippen LogP contribution in [0.4, 0.5) is 0 Å². The second-order valence-corrected chi connectivity index (χ2v) is 7.81. The molecule has 0 saturated carbocycles. The molecular formula is C22H24ClN3O3. The summed E-state index contributed by atoms with van der Waals surface area (Å²) in [5, 5.41) is 0.745. The molecule has 7 heteroatoms. The lowest BCUT2D eigenvalue weighted by Crippen LogP contribution is -2.48. The first-order valence-electron chi connectivity index (χ1n) is 9.93. The van der Waals surface area contributed by atoms with E-state index in [1.807, 2.05) is 47.4 Å². The van der Waals surface area contributed by atoms with E-state index in [4.69, 9.17) is 16.0 Å². The van der Waals surface area contributed by atoms with Crippen molar-refractivity contribution in [2.24, 2.45) is 0 Å². The third kappa shape index (κ3) is 4.71. The molecular weight excluding hydrogens is 390 g/mol. The molecule has 6 nitrogen and oxygen atoms in total. The number of nitrogens with zero attached hydrogens (tertiary/aromatic N) is 3. The second-order valence-electron chi connectivity index (χ2n) is 7.37. The number of aryl methyl sites for hydroxylation is 1. The van der Waals surface area contributed by atoms with Gasteiger partial charge in [0, 0.05) is 50.7 Å². The van der Waals surface area contributed by atoms with Crippen LogP contribution in [0.1, 0.15) is 18.4 Å².